The van der Waals surface area contributed by atoms with Gasteiger partial charge in [0.2, 0.25) is 0 Å². The number of hydrogen-bond acceptors (Lipinski definition) is 7. The van der Waals surface area contributed by atoms with Gasteiger partial charge in [-0.3, -0.25) is 19.1 Å². The van der Waals surface area contributed by atoms with E-state index in [9.17, 15) is 4.79 Å². The van der Waals surface area contributed by atoms with Gasteiger partial charge in [-0.1, -0.05) is 18.7 Å². The van der Waals surface area contributed by atoms with E-state index in [-0.39, 0.29) is 5.56 Å². The molecule has 0 bridgehead atoms. The van der Waals surface area contributed by atoms with Crippen molar-refractivity contribution >= 4 is 33.2 Å². The molecule has 2 aliphatic rings. The lowest BCUT2D eigenvalue weighted by atomic mass is 10.3. The highest BCUT2D eigenvalue weighted by Crippen LogP contribution is 2.23. The predicted octanol–water partition coefficient (Wildman–Crippen LogP) is 1.36. The Bertz CT molecular complexity index is 791. The average Bonchev–Trinajstić information content (AvgIpc) is 3.17. The number of hydrogen-bond donors (Lipinski definition) is 0. The van der Waals surface area contributed by atoms with E-state index in [2.05, 4.69) is 26.7 Å². The van der Waals surface area contributed by atoms with Crippen LogP contribution in [-0.2, 0) is 6.54 Å². The lowest BCUT2D eigenvalue weighted by Gasteiger charge is -2.35. The van der Waals surface area contributed by atoms with Crippen molar-refractivity contribution in [3.63, 3.8) is 0 Å². The number of nitrogens with zero attached hydrogens (tertiary/aromatic N) is 5. The van der Waals surface area contributed by atoms with Crippen molar-refractivity contribution in [3.8, 4) is 0 Å². The van der Waals surface area contributed by atoms with Crippen molar-refractivity contribution in [1.29, 1.82) is 0 Å². The molecule has 2 aromatic rings. The second-order valence-corrected chi connectivity index (χ2v) is 8.23. The highest BCUT2D eigenvalue weighted by molar-refractivity contribution is 8.14. The van der Waals surface area contributed by atoms with Crippen molar-refractivity contribution in [1.82, 2.24) is 19.2 Å². The fraction of sp³-hybridized carbons (Fsp3) is 0.533. The summed E-state index contributed by atoms with van der Waals surface area (Å²) in [6.07, 6.45) is 1.78. The standard InChI is InChI=1S/C15H19N5OS2/c1-11-9-16-14(23-11)19-4-2-18(3-5-19)10-12-8-13(21)20-6-7-22-15(20)17-12/h6-8,11H,2-5,9-10H2,1H3/t11-/m1/s1. The van der Waals surface area contributed by atoms with Gasteiger partial charge < -0.3 is 4.90 Å². The number of aliphatic imine (C=N–C) groups is 1. The Balaban J connectivity index is 1.39. The van der Waals surface area contributed by atoms with Crippen LogP contribution in [-0.4, -0.2) is 62.3 Å². The fourth-order valence-electron chi connectivity index (χ4n) is 2.93. The first-order chi connectivity index (χ1) is 11.2. The van der Waals surface area contributed by atoms with Gasteiger partial charge in [0.15, 0.2) is 10.1 Å². The number of fused-ring (bicyclic) bond motifs is 1. The molecule has 0 saturated carbocycles. The van der Waals surface area contributed by atoms with E-state index in [1.54, 1.807) is 16.7 Å². The van der Waals surface area contributed by atoms with Crippen molar-refractivity contribution in [3.05, 3.63) is 33.7 Å². The largest absolute Gasteiger partial charge is 0.349 e. The summed E-state index contributed by atoms with van der Waals surface area (Å²) < 4.78 is 1.60. The van der Waals surface area contributed by atoms with Crippen LogP contribution in [0.5, 0.6) is 0 Å². The number of rotatable bonds is 2. The van der Waals surface area contributed by atoms with Gasteiger partial charge in [-0.15, -0.1) is 11.3 Å². The van der Waals surface area contributed by atoms with Gasteiger partial charge >= 0.3 is 0 Å². The van der Waals surface area contributed by atoms with Gasteiger partial charge in [0.1, 0.15) is 0 Å². The molecule has 1 fully saturated rings. The molecular weight excluding hydrogens is 330 g/mol. The molecular formula is C15H19N5OS2. The number of thioether (sulfide) groups is 1. The lowest BCUT2D eigenvalue weighted by molar-refractivity contribution is 0.176. The Kier molecular flexibility index (Phi) is 4.13. The number of piperazine rings is 1. The van der Waals surface area contributed by atoms with E-state index in [4.69, 9.17) is 0 Å². The van der Waals surface area contributed by atoms with Crippen LogP contribution in [0, 0.1) is 0 Å². The van der Waals surface area contributed by atoms with Crippen LogP contribution in [0.3, 0.4) is 0 Å². The minimum absolute atomic E-state index is 0.00980. The highest BCUT2D eigenvalue weighted by Gasteiger charge is 2.24. The second-order valence-electron chi connectivity index (χ2n) is 5.96. The summed E-state index contributed by atoms with van der Waals surface area (Å²) in [5.74, 6) is 0. The summed E-state index contributed by atoms with van der Waals surface area (Å²) in [7, 11) is 0. The normalized spacial score (nSPS) is 22.7. The molecule has 2 aromatic heterocycles. The minimum Gasteiger partial charge on any atom is -0.349 e. The second kappa shape index (κ2) is 6.26. The first kappa shape index (κ1) is 15.2. The van der Waals surface area contributed by atoms with Crippen molar-refractivity contribution < 1.29 is 0 Å². The van der Waals surface area contributed by atoms with E-state index in [0.717, 1.165) is 49.9 Å². The van der Waals surface area contributed by atoms with Gasteiger partial charge in [-0.05, 0) is 0 Å². The monoisotopic (exact) mass is 349 g/mol. The Morgan fingerprint density at radius 1 is 1.30 bits per heavy atom. The smallest absolute Gasteiger partial charge is 0.258 e. The maximum atomic E-state index is 12.0. The molecule has 0 spiro atoms. The Labute approximate surface area is 142 Å². The zero-order valence-corrected chi connectivity index (χ0v) is 14.6. The number of thiazole rings is 1. The molecule has 1 atom stereocenters. The molecule has 23 heavy (non-hydrogen) atoms. The maximum absolute atomic E-state index is 12.0. The molecule has 0 unspecified atom stereocenters. The molecule has 0 aliphatic carbocycles. The van der Waals surface area contributed by atoms with Gasteiger partial charge in [-0.25, -0.2) is 4.98 Å². The third-order valence-corrected chi connectivity index (χ3v) is 6.08. The summed E-state index contributed by atoms with van der Waals surface area (Å²) in [4.78, 5) is 26.8. The van der Waals surface area contributed by atoms with Crippen molar-refractivity contribution in [2.45, 2.75) is 18.7 Å². The van der Waals surface area contributed by atoms with Crippen LogP contribution in [0.15, 0.2) is 27.4 Å². The van der Waals surface area contributed by atoms with Crippen molar-refractivity contribution in [2.24, 2.45) is 4.99 Å². The predicted molar refractivity (Wildman–Crippen MR) is 95.5 cm³/mol. The van der Waals surface area contributed by atoms with Crippen LogP contribution >= 0.6 is 23.1 Å². The van der Waals surface area contributed by atoms with Crippen LogP contribution < -0.4 is 5.56 Å². The molecule has 0 aromatic carbocycles. The zero-order valence-electron chi connectivity index (χ0n) is 13.0. The van der Waals surface area contributed by atoms with Gasteiger partial charge in [0.05, 0.1) is 12.2 Å². The lowest BCUT2D eigenvalue weighted by Crippen LogP contribution is -2.47. The van der Waals surface area contributed by atoms with Crippen LogP contribution in [0.4, 0.5) is 0 Å². The van der Waals surface area contributed by atoms with Gasteiger partial charge in [-0.2, -0.15) is 0 Å². The van der Waals surface area contributed by atoms with Gasteiger partial charge in [0, 0.05) is 55.6 Å². The van der Waals surface area contributed by atoms with Crippen LogP contribution in [0.2, 0.25) is 0 Å². The van der Waals surface area contributed by atoms with Crippen LogP contribution in [0.1, 0.15) is 12.6 Å². The van der Waals surface area contributed by atoms with E-state index >= 15 is 0 Å². The SMILES string of the molecule is C[C@@H]1CN=C(N2CCN(Cc3cc(=O)n4ccsc4n3)CC2)S1. The Morgan fingerprint density at radius 3 is 2.87 bits per heavy atom. The van der Waals surface area contributed by atoms with Crippen molar-refractivity contribution in [2.75, 3.05) is 32.7 Å². The molecule has 8 heteroatoms. The molecule has 1 saturated heterocycles. The fourth-order valence-corrected chi connectivity index (χ4v) is 4.66. The van der Waals surface area contributed by atoms with E-state index in [1.807, 2.05) is 17.1 Å². The molecule has 2 aliphatic heterocycles. The van der Waals surface area contributed by atoms with E-state index in [1.165, 1.54) is 16.5 Å². The molecule has 4 rings (SSSR count). The maximum Gasteiger partial charge on any atom is 0.258 e. The topological polar surface area (TPSA) is 53.2 Å². The van der Waals surface area contributed by atoms with E-state index < -0.39 is 0 Å². The third kappa shape index (κ3) is 3.15. The number of amidine groups is 1. The summed E-state index contributed by atoms with van der Waals surface area (Å²) in [5.41, 5.74) is 0.877. The molecule has 0 amide bonds. The number of aromatic nitrogens is 2. The molecule has 4 heterocycles. The minimum atomic E-state index is 0.00980. The summed E-state index contributed by atoms with van der Waals surface area (Å²) >= 11 is 3.39. The Hall–Kier alpha value is -1.38. The average molecular weight is 349 g/mol. The molecule has 0 N–H and O–H groups in total. The highest BCUT2D eigenvalue weighted by atomic mass is 32.2. The third-order valence-electron chi connectivity index (χ3n) is 4.17. The first-order valence-electron chi connectivity index (χ1n) is 7.83. The van der Waals surface area contributed by atoms with E-state index in [0.29, 0.717) is 5.25 Å². The zero-order chi connectivity index (χ0) is 15.8. The first-order valence-corrected chi connectivity index (χ1v) is 9.59. The van der Waals surface area contributed by atoms with Crippen LogP contribution in [0.25, 0.3) is 4.96 Å². The Morgan fingerprint density at radius 2 is 2.13 bits per heavy atom. The molecule has 6 nitrogen and oxygen atoms in total. The quantitative estimate of drug-likeness (QED) is 0.820. The molecule has 122 valence electrons. The summed E-state index contributed by atoms with van der Waals surface area (Å²) in [6.45, 7) is 7.88. The summed E-state index contributed by atoms with van der Waals surface area (Å²) in [6, 6.07) is 1.66. The summed E-state index contributed by atoms with van der Waals surface area (Å²) in [5, 5.41) is 3.71. The molecule has 0 radical (unpaired) electrons. The van der Waals surface area contributed by atoms with Gasteiger partial charge in [0.25, 0.3) is 5.56 Å².